The van der Waals surface area contributed by atoms with Crippen LogP contribution in [0, 0.1) is 0 Å². The molecule has 0 atom stereocenters. The maximum Gasteiger partial charge on any atom is 0.288 e. The summed E-state index contributed by atoms with van der Waals surface area (Å²) in [5.41, 5.74) is 5.52. The third kappa shape index (κ3) is 27.7. The van der Waals surface area contributed by atoms with Gasteiger partial charge in [-0.3, -0.25) is 14.3 Å². The molecule has 186 valence electrons. The Labute approximate surface area is 184 Å². The Morgan fingerprint density at radius 2 is 0.900 bits per heavy atom. The van der Waals surface area contributed by atoms with Crippen LogP contribution >= 0.6 is 0 Å². The summed E-state index contributed by atoms with van der Waals surface area (Å²) in [5.74, 6) is -2.61. The van der Waals surface area contributed by atoms with E-state index in [0.717, 1.165) is 25.8 Å². The molecule has 0 amide bonds. The van der Waals surface area contributed by atoms with E-state index in [9.17, 15) is 0 Å². The predicted octanol–water partition coefficient (Wildman–Crippen LogP) is 4.83. The van der Waals surface area contributed by atoms with Gasteiger partial charge in [-0.1, -0.05) is 103 Å². The summed E-state index contributed by atoms with van der Waals surface area (Å²) in [4.78, 5) is 1.89. The average molecular weight is 443 g/mol. The molecule has 0 bridgehead atoms. The lowest BCUT2D eigenvalue weighted by atomic mass is 10.0. The molecule has 5 nitrogen and oxygen atoms in total. The molecule has 0 aromatic heterocycles. The van der Waals surface area contributed by atoms with E-state index in [0.29, 0.717) is 13.1 Å². The molecule has 5 N–H and O–H groups in total. The van der Waals surface area contributed by atoms with Crippen molar-refractivity contribution in [1.29, 1.82) is 0 Å². The van der Waals surface area contributed by atoms with Gasteiger partial charge < -0.3 is 21.1 Å². The molecule has 0 saturated carbocycles. The van der Waals surface area contributed by atoms with Crippen molar-refractivity contribution in [3.63, 3.8) is 0 Å². The van der Waals surface area contributed by atoms with Gasteiger partial charge in [-0.05, 0) is 32.5 Å². The second-order valence-electron chi connectivity index (χ2n) is 8.50. The first-order chi connectivity index (χ1) is 13.5. The van der Waals surface area contributed by atoms with E-state index in [1.807, 2.05) is 4.90 Å². The molecule has 0 aromatic rings. The number of nitrogens with two attached hydrogens (primary N) is 1. The summed E-state index contributed by atoms with van der Waals surface area (Å²) in [6.07, 6.45) is 22.3. The Balaban J connectivity index is -0.00000364. The molecule has 0 spiro atoms. The summed E-state index contributed by atoms with van der Waals surface area (Å²) in [6, 6.07) is 0. The Morgan fingerprint density at radius 1 is 0.567 bits per heavy atom. The normalized spacial score (nSPS) is 11.4. The van der Waals surface area contributed by atoms with Crippen molar-refractivity contribution in [3.05, 3.63) is 0 Å². The maximum absolute atomic E-state index is 9.16. The second-order valence-corrected chi connectivity index (χ2v) is 8.50. The molecule has 0 fully saturated rings. The van der Waals surface area contributed by atoms with Gasteiger partial charge in [0.2, 0.25) is 0 Å². The molecule has 0 rings (SSSR count). The van der Waals surface area contributed by atoms with Crippen LogP contribution in [0.3, 0.4) is 0 Å². The highest BCUT2D eigenvalue weighted by molar-refractivity contribution is 4.63. The van der Waals surface area contributed by atoms with Gasteiger partial charge in [0.1, 0.15) is 0 Å². The third-order valence-electron chi connectivity index (χ3n) is 5.44. The monoisotopic (exact) mass is 442 g/mol. The van der Waals surface area contributed by atoms with Crippen LogP contribution in [0.15, 0.2) is 0 Å². The van der Waals surface area contributed by atoms with Crippen LogP contribution in [0.1, 0.15) is 116 Å². The molecular weight excluding hydrogens is 390 g/mol. The van der Waals surface area contributed by atoms with Crippen molar-refractivity contribution in [2.24, 2.45) is 5.73 Å². The zero-order valence-electron chi connectivity index (χ0n) is 19.5. The van der Waals surface area contributed by atoms with Gasteiger partial charge >= 0.3 is 0 Å². The Bertz CT molecular complexity index is 319. The minimum Gasteiger partial charge on any atom is -0.343 e. The second kappa shape index (κ2) is 24.9. The van der Waals surface area contributed by atoms with Crippen LogP contribution in [0.25, 0.3) is 0 Å². The smallest absolute Gasteiger partial charge is 0.288 e. The van der Waals surface area contributed by atoms with E-state index >= 15 is 0 Å². The van der Waals surface area contributed by atoms with E-state index in [1.165, 1.54) is 89.9 Å². The highest BCUT2D eigenvalue weighted by atomic mass is 19.0. The van der Waals surface area contributed by atoms with Crippen LogP contribution in [0.2, 0.25) is 0 Å². The summed E-state index contributed by atoms with van der Waals surface area (Å²) in [7, 11) is 0. The minimum atomic E-state index is -2.61. The predicted molar refractivity (Wildman–Crippen MR) is 124 cm³/mol. The molecule has 0 unspecified atom stereocenters. The molecule has 0 aliphatic carbocycles. The van der Waals surface area contributed by atoms with E-state index in [1.54, 1.807) is 0 Å². The number of hydrogen-bond donors (Lipinski definition) is 4. The lowest BCUT2D eigenvalue weighted by Crippen LogP contribution is -2.44. The standard InChI is InChI=1S/C23H50N2O3.2FH/c1-2-3-4-5-6-7-8-9-10-11-12-13-14-15-16-17-20-25(21-18-19-24)22-23(26,27)28;;/h26-28H,2-22,24H2,1H3;2*1H. The maximum atomic E-state index is 9.16. The summed E-state index contributed by atoms with van der Waals surface area (Å²) < 4.78 is 0. The van der Waals surface area contributed by atoms with E-state index in [-0.39, 0.29) is 16.0 Å². The van der Waals surface area contributed by atoms with Gasteiger partial charge in [0.05, 0.1) is 6.54 Å². The summed E-state index contributed by atoms with van der Waals surface area (Å²) >= 11 is 0. The largest absolute Gasteiger partial charge is 0.343 e. The summed E-state index contributed by atoms with van der Waals surface area (Å²) in [5, 5.41) is 27.5. The van der Waals surface area contributed by atoms with Gasteiger partial charge in [0.15, 0.2) is 0 Å². The van der Waals surface area contributed by atoms with Crippen molar-refractivity contribution in [2.75, 3.05) is 26.2 Å². The highest BCUT2D eigenvalue weighted by Gasteiger charge is 2.22. The quantitative estimate of drug-likeness (QED) is 0.142. The first-order valence-corrected chi connectivity index (χ1v) is 12.1. The molecule has 0 aliphatic rings. The Morgan fingerprint density at radius 3 is 1.23 bits per heavy atom. The van der Waals surface area contributed by atoms with E-state index < -0.39 is 5.97 Å². The van der Waals surface area contributed by atoms with Crippen molar-refractivity contribution >= 4 is 0 Å². The fourth-order valence-corrected chi connectivity index (χ4v) is 3.77. The first kappa shape index (κ1) is 34.3. The molecule has 0 aromatic carbocycles. The third-order valence-corrected chi connectivity index (χ3v) is 5.44. The van der Waals surface area contributed by atoms with Crippen molar-refractivity contribution in [1.82, 2.24) is 4.90 Å². The SMILES string of the molecule is CCCCCCCCCCCCCCCCCCN(CCCN)CC(O)(O)O.F.F. The Hall–Kier alpha value is -0.340. The lowest BCUT2D eigenvalue weighted by molar-refractivity contribution is -0.317. The van der Waals surface area contributed by atoms with Crippen LogP contribution < -0.4 is 5.73 Å². The van der Waals surface area contributed by atoms with Gasteiger partial charge in [-0.2, -0.15) is 0 Å². The minimum absolute atomic E-state index is 0. The van der Waals surface area contributed by atoms with E-state index in [4.69, 9.17) is 21.1 Å². The lowest BCUT2D eigenvalue weighted by Gasteiger charge is -2.26. The zero-order chi connectivity index (χ0) is 20.9. The number of rotatable bonds is 22. The Kier molecular flexibility index (Phi) is 28.5. The van der Waals surface area contributed by atoms with Crippen molar-refractivity contribution < 1.29 is 24.7 Å². The fraction of sp³-hybridized carbons (Fsp3) is 1.00. The molecule has 30 heavy (non-hydrogen) atoms. The van der Waals surface area contributed by atoms with Crippen LogP contribution in [0.4, 0.5) is 9.41 Å². The topological polar surface area (TPSA) is 90.0 Å². The molecule has 0 aliphatic heterocycles. The van der Waals surface area contributed by atoms with Crippen LogP contribution in [0.5, 0.6) is 0 Å². The summed E-state index contributed by atoms with van der Waals surface area (Å²) in [6.45, 7) is 4.19. The van der Waals surface area contributed by atoms with E-state index in [2.05, 4.69) is 6.92 Å². The molecule has 0 heterocycles. The van der Waals surface area contributed by atoms with Crippen molar-refractivity contribution in [3.8, 4) is 0 Å². The fourth-order valence-electron chi connectivity index (χ4n) is 3.77. The van der Waals surface area contributed by atoms with Gasteiger partial charge in [-0.15, -0.1) is 0 Å². The number of unbranched alkanes of at least 4 members (excludes halogenated alkanes) is 15. The van der Waals surface area contributed by atoms with Crippen LogP contribution in [-0.4, -0.2) is 52.4 Å². The van der Waals surface area contributed by atoms with Crippen LogP contribution in [-0.2, 0) is 0 Å². The number of nitrogens with zero attached hydrogens (tertiary/aromatic N) is 1. The average Bonchev–Trinajstić information content (AvgIpc) is 2.64. The number of aliphatic hydroxyl groups is 3. The van der Waals surface area contributed by atoms with Gasteiger partial charge in [0, 0.05) is 0 Å². The molecule has 7 heteroatoms. The van der Waals surface area contributed by atoms with Crippen molar-refractivity contribution in [2.45, 2.75) is 122 Å². The van der Waals surface area contributed by atoms with Gasteiger partial charge in [0.25, 0.3) is 5.97 Å². The zero-order valence-corrected chi connectivity index (χ0v) is 19.5. The first-order valence-electron chi connectivity index (χ1n) is 12.1. The highest BCUT2D eigenvalue weighted by Crippen LogP contribution is 2.14. The van der Waals surface area contributed by atoms with Gasteiger partial charge in [-0.25, -0.2) is 0 Å². The molecule has 0 radical (unpaired) electrons. The molecular formula is C23H52F2N2O3. The number of hydrogen-bond acceptors (Lipinski definition) is 5. The molecule has 0 saturated heterocycles. The number of halogens is 2.